The third-order valence-electron chi connectivity index (χ3n) is 5.73. The largest absolute Gasteiger partial charge is 0.480 e. The summed E-state index contributed by atoms with van der Waals surface area (Å²) in [5.41, 5.74) is 0.544. The van der Waals surface area contributed by atoms with Crippen molar-refractivity contribution in [2.75, 3.05) is 37.6 Å². The van der Waals surface area contributed by atoms with Crippen LogP contribution in [-0.2, 0) is 9.59 Å². The molecule has 2 heterocycles. The number of nitro benzene ring substituents is 1. The highest BCUT2D eigenvalue weighted by atomic mass is 35.5. The highest BCUT2D eigenvalue weighted by molar-refractivity contribution is 5.99. The molecule has 0 aliphatic carbocycles. The predicted octanol–water partition coefficient (Wildman–Crippen LogP) is 1.99. The zero-order valence-corrected chi connectivity index (χ0v) is 17.2. The Balaban J connectivity index is 0.00000300. The molecule has 0 spiro atoms. The lowest BCUT2D eigenvalue weighted by atomic mass is 10.0. The number of carbonyl (C=O) groups excluding carboxylic acids is 1. The highest BCUT2D eigenvalue weighted by Crippen LogP contribution is 2.29. The third-order valence-corrected chi connectivity index (χ3v) is 5.73. The molecule has 3 rings (SSSR count). The van der Waals surface area contributed by atoms with Crippen molar-refractivity contribution in [2.24, 2.45) is 0 Å². The maximum atomic E-state index is 12.9. The van der Waals surface area contributed by atoms with E-state index in [9.17, 15) is 19.7 Å². The SMILES string of the molecule is CCN(CC(=O)O)C1CCN(C2CCN(c3cccc([N+](=O)[O-])c3)C2=O)CC1.Cl. The Labute approximate surface area is 175 Å². The molecule has 0 bridgehead atoms. The summed E-state index contributed by atoms with van der Waals surface area (Å²) >= 11 is 0. The van der Waals surface area contributed by atoms with Gasteiger partial charge in [-0.3, -0.25) is 29.5 Å². The Kier molecular flexibility index (Phi) is 7.95. The minimum atomic E-state index is -0.817. The Morgan fingerprint density at radius 1 is 1.28 bits per heavy atom. The Bertz CT molecular complexity index is 754. The molecule has 1 N–H and O–H groups in total. The number of non-ortho nitro benzene ring substituents is 1. The Hall–Kier alpha value is -2.23. The fourth-order valence-corrected chi connectivity index (χ4v) is 4.27. The molecule has 2 fully saturated rings. The van der Waals surface area contributed by atoms with E-state index in [-0.39, 0.29) is 42.6 Å². The molecule has 0 radical (unpaired) electrons. The number of hydrogen-bond acceptors (Lipinski definition) is 6. The first-order valence-corrected chi connectivity index (χ1v) is 9.66. The van der Waals surface area contributed by atoms with Gasteiger partial charge in [0.15, 0.2) is 0 Å². The number of likely N-dealkylation sites (N-methyl/N-ethyl adjacent to an activating group) is 1. The van der Waals surface area contributed by atoms with Gasteiger partial charge < -0.3 is 10.0 Å². The number of carboxylic acids is 1. The number of halogens is 1. The first-order valence-electron chi connectivity index (χ1n) is 9.66. The fourth-order valence-electron chi connectivity index (χ4n) is 4.27. The van der Waals surface area contributed by atoms with E-state index < -0.39 is 10.9 Å². The van der Waals surface area contributed by atoms with Gasteiger partial charge in [-0.2, -0.15) is 0 Å². The van der Waals surface area contributed by atoms with Gasteiger partial charge in [0, 0.05) is 37.8 Å². The number of carbonyl (C=O) groups is 2. The van der Waals surface area contributed by atoms with Crippen molar-refractivity contribution in [1.29, 1.82) is 0 Å². The van der Waals surface area contributed by atoms with Crippen molar-refractivity contribution in [3.63, 3.8) is 0 Å². The third kappa shape index (κ3) is 5.23. The zero-order chi connectivity index (χ0) is 20.3. The lowest BCUT2D eigenvalue weighted by molar-refractivity contribution is -0.384. The number of anilines is 1. The number of hydrogen-bond donors (Lipinski definition) is 1. The van der Waals surface area contributed by atoms with E-state index in [0.29, 0.717) is 25.2 Å². The number of carboxylic acid groups (broad SMARTS) is 1. The quantitative estimate of drug-likeness (QED) is 0.524. The second-order valence-electron chi connectivity index (χ2n) is 7.30. The van der Waals surface area contributed by atoms with Crippen LogP contribution in [0, 0.1) is 10.1 Å². The number of nitrogens with zero attached hydrogens (tertiary/aromatic N) is 4. The average molecular weight is 427 g/mol. The van der Waals surface area contributed by atoms with Crippen LogP contribution in [0.2, 0.25) is 0 Å². The first kappa shape index (κ1) is 23.1. The maximum absolute atomic E-state index is 12.9. The van der Waals surface area contributed by atoms with Gasteiger partial charge >= 0.3 is 5.97 Å². The van der Waals surface area contributed by atoms with Crippen LogP contribution in [0.3, 0.4) is 0 Å². The summed E-state index contributed by atoms with van der Waals surface area (Å²) in [6.45, 7) is 4.75. The predicted molar refractivity (Wildman–Crippen MR) is 111 cm³/mol. The summed E-state index contributed by atoms with van der Waals surface area (Å²) in [4.78, 5) is 40.3. The Morgan fingerprint density at radius 3 is 2.55 bits per heavy atom. The molecule has 1 atom stereocenters. The van der Waals surface area contributed by atoms with E-state index in [2.05, 4.69) is 4.90 Å². The molecule has 2 aliphatic heterocycles. The van der Waals surface area contributed by atoms with Crippen LogP contribution in [0.4, 0.5) is 11.4 Å². The summed E-state index contributed by atoms with van der Waals surface area (Å²) in [5, 5.41) is 20.0. The molecule has 0 saturated carbocycles. The smallest absolute Gasteiger partial charge is 0.317 e. The van der Waals surface area contributed by atoms with E-state index in [1.54, 1.807) is 17.0 Å². The number of rotatable bonds is 7. The molecule has 10 heteroatoms. The molecule has 1 amide bonds. The number of amides is 1. The average Bonchev–Trinajstić information content (AvgIpc) is 3.07. The number of piperidine rings is 1. The standard InChI is InChI=1S/C19H26N4O5.ClH/c1-2-20(13-18(24)25)14-6-9-21(10-7-14)17-8-11-22(19(17)26)15-4-3-5-16(12-15)23(27)28;/h3-5,12,14,17H,2,6-11,13H2,1H3,(H,24,25);1H. The molecule has 1 aromatic rings. The number of nitro groups is 1. The van der Waals surface area contributed by atoms with Crippen LogP contribution in [0.1, 0.15) is 26.2 Å². The number of likely N-dealkylation sites (tertiary alicyclic amines) is 1. The molecule has 0 aromatic heterocycles. The Morgan fingerprint density at radius 2 is 1.97 bits per heavy atom. The molecule has 160 valence electrons. The number of aliphatic carboxylic acids is 1. The van der Waals surface area contributed by atoms with Gasteiger partial charge in [-0.15, -0.1) is 12.4 Å². The topological polar surface area (TPSA) is 107 Å². The van der Waals surface area contributed by atoms with Crippen LogP contribution in [-0.4, -0.2) is 76.5 Å². The molecule has 1 unspecified atom stereocenters. The lowest BCUT2D eigenvalue weighted by Gasteiger charge is -2.39. The highest BCUT2D eigenvalue weighted by Gasteiger charge is 2.39. The van der Waals surface area contributed by atoms with E-state index in [4.69, 9.17) is 5.11 Å². The molecule has 29 heavy (non-hydrogen) atoms. The van der Waals surface area contributed by atoms with Crippen LogP contribution in [0.5, 0.6) is 0 Å². The molecule has 9 nitrogen and oxygen atoms in total. The minimum absolute atomic E-state index is 0. The molecule has 1 aromatic carbocycles. The zero-order valence-electron chi connectivity index (χ0n) is 16.4. The minimum Gasteiger partial charge on any atom is -0.480 e. The van der Waals surface area contributed by atoms with Crippen molar-refractivity contribution in [1.82, 2.24) is 9.80 Å². The second kappa shape index (κ2) is 10.00. The van der Waals surface area contributed by atoms with Gasteiger partial charge in [-0.1, -0.05) is 13.0 Å². The van der Waals surface area contributed by atoms with Gasteiger partial charge in [-0.05, 0) is 31.9 Å². The molecular weight excluding hydrogens is 400 g/mol. The van der Waals surface area contributed by atoms with Crippen molar-refractivity contribution in [3.05, 3.63) is 34.4 Å². The summed E-state index contributed by atoms with van der Waals surface area (Å²) in [5.74, 6) is -0.834. The molecule has 2 saturated heterocycles. The summed E-state index contributed by atoms with van der Waals surface area (Å²) in [6.07, 6.45) is 2.36. The molecular formula is C19H27ClN4O5. The van der Waals surface area contributed by atoms with Crippen molar-refractivity contribution < 1.29 is 19.6 Å². The van der Waals surface area contributed by atoms with Crippen LogP contribution in [0.15, 0.2) is 24.3 Å². The second-order valence-corrected chi connectivity index (χ2v) is 7.30. The summed E-state index contributed by atoms with van der Waals surface area (Å²) in [7, 11) is 0. The monoisotopic (exact) mass is 426 g/mol. The summed E-state index contributed by atoms with van der Waals surface area (Å²) in [6, 6.07) is 6.20. The van der Waals surface area contributed by atoms with Gasteiger partial charge in [0.25, 0.3) is 5.69 Å². The van der Waals surface area contributed by atoms with Gasteiger partial charge in [0.1, 0.15) is 0 Å². The van der Waals surface area contributed by atoms with Crippen LogP contribution in [0.25, 0.3) is 0 Å². The van der Waals surface area contributed by atoms with Crippen molar-refractivity contribution in [2.45, 2.75) is 38.3 Å². The normalized spacial score (nSPS) is 20.7. The van der Waals surface area contributed by atoms with Crippen LogP contribution < -0.4 is 4.90 Å². The van der Waals surface area contributed by atoms with Gasteiger partial charge in [0.05, 0.1) is 23.2 Å². The van der Waals surface area contributed by atoms with Crippen molar-refractivity contribution >= 4 is 35.7 Å². The van der Waals surface area contributed by atoms with Crippen molar-refractivity contribution in [3.8, 4) is 0 Å². The van der Waals surface area contributed by atoms with Gasteiger partial charge in [0.2, 0.25) is 5.91 Å². The first-order chi connectivity index (χ1) is 13.4. The summed E-state index contributed by atoms with van der Waals surface area (Å²) < 4.78 is 0. The fraction of sp³-hybridized carbons (Fsp3) is 0.579. The maximum Gasteiger partial charge on any atom is 0.317 e. The molecule has 2 aliphatic rings. The number of benzene rings is 1. The van der Waals surface area contributed by atoms with Crippen LogP contribution >= 0.6 is 12.4 Å². The van der Waals surface area contributed by atoms with E-state index in [0.717, 1.165) is 25.9 Å². The lowest BCUT2D eigenvalue weighted by Crippen LogP contribution is -2.51. The van der Waals surface area contributed by atoms with Gasteiger partial charge in [-0.25, -0.2) is 0 Å². The van der Waals surface area contributed by atoms with E-state index >= 15 is 0 Å². The van der Waals surface area contributed by atoms with E-state index in [1.165, 1.54) is 12.1 Å². The van der Waals surface area contributed by atoms with E-state index in [1.807, 2.05) is 11.8 Å².